The third kappa shape index (κ3) is 4.96. The van der Waals surface area contributed by atoms with Gasteiger partial charge in [-0.25, -0.2) is 0 Å². The molecule has 1 heterocycles. The van der Waals surface area contributed by atoms with Gasteiger partial charge in [-0.3, -0.25) is 14.5 Å². The second-order valence-electron chi connectivity index (χ2n) is 9.60. The highest BCUT2D eigenvalue weighted by molar-refractivity contribution is 5.79. The second kappa shape index (κ2) is 9.20. The van der Waals surface area contributed by atoms with Crippen molar-refractivity contribution in [3.8, 4) is 0 Å². The lowest BCUT2D eigenvalue weighted by molar-refractivity contribution is -0.143. The van der Waals surface area contributed by atoms with Crippen LogP contribution in [-0.2, 0) is 25.4 Å². The lowest BCUT2D eigenvalue weighted by atomic mass is 9.88. The van der Waals surface area contributed by atoms with E-state index in [4.69, 9.17) is 0 Å². The van der Waals surface area contributed by atoms with E-state index in [1.165, 1.54) is 11.1 Å². The van der Waals surface area contributed by atoms with Crippen molar-refractivity contribution in [3.63, 3.8) is 0 Å². The predicted molar refractivity (Wildman–Crippen MR) is 126 cm³/mol. The summed E-state index contributed by atoms with van der Waals surface area (Å²) >= 11 is 0. The summed E-state index contributed by atoms with van der Waals surface area (Å²) in [6.07, 6.45) is -6.64. The molecule has 0 unspecified atom stereocenters. The molecule has 1 aliphatic carbocycles. The molecule has 2 aliphatic rings. The number of fused-ring (bicyclic) bond motifs is 1. The van der Waals surface area contributed by atoms with Gasteiger partial charge in [-0.15, -0.1) is 0 Å². The average molecular weight is 523 g/mol. The predicted octanol–water partition coefficient (Wildman–Crippen LogP) is 5.80. The summed E-state index contributed by atoms with van der Waals surface area (Å²) in [5, 5.41) is 5.46. The topological polar surface area (TPSA) is 61.4 Å². The normalized spacial score (nSPS) is 20.7. The van der Waals surface area contributed by atoms with E-state index in [0.29, 0.717) is 18.6 Å². The van der Waals surface area contributed by atoms with Gasteiger partial charge in [-0.1, -0.05) is 37.1 Å². The Balaban J connectivity index is 1.40. The lowest BCUT2D eigenvalue weighted by Gasteiger charge is -2.39. The first-order chi connectivity index (χ1) is 17.4. The van der Waals surface area contributed by atoms with Crippen molar-refractivity contribution >= 4 is 17.1 Å². The van der Waals surface area contributed by atoms with Crippen LogP contribution in [0.2, 0.25) is 0 Å². The van der Waals surface area contributed by atoms with Gasteiger partial charge in [0.15, 0.2) is 0 Å². The number of nitrogens with one attached hydrogen (secondary N) is 2. The van der Waals surface area contributed by atoms with Crippen molar-refractivity contribution in [2.75, 3.05) is 10.6 Å². The quantitative estimate of drug-likeness (QED) is 0.327. The molecular formula is C26H23F6N3O2. The van der Waals surface area contributed by atoms with E-state index in [-0.39, 0.29) is 29.5 Å². The van der Waals surface area contributed by atoms with Crippen molar-refractivity contribution < 1.29 is 26.3 Å². The van der Waals surface area contributed by atoms with Crippen molar-refractivity contribution in [1.82, 2.24) is 4.90 Å². The Hall–Kier alpha value is -3.34. The summed E-state index contributed by atoms with van der Waals surface area (Å²) in [5.41, 5.74) is -3.45. The molecule has 0 aromatic heterocycles. The number of nitrogens with zero attached hydrogens (tertiary/aromatic N) is 1. The first-order valence-electron chi connectivity index (χ1n) is 11.9. The van der Waals surface area contributed by atoms with Crippen molar-refractivity contribution in [1.29, 1.82) is 0 Å². The monoisotopic (exact) mass is 523 g/mol. The van der Waals surface area contributed by atoms with Crippen LogP contribution in [0.3, 0.4) is 0 Å². The highest BCUT2D eigenvalue weighted by atomic mass is 19.4. The van der Waals surface area contributed by atoms with Crippen LogP contribution >= 0.6 is 0 Å². The number of alkyl halides is 6. The fourth-order valence-corrected chi connectivity index (χ4v) is 5.32. The number of rotatable bonds is 5. The van der Waals surface area contributed by atoms with Gasteiger partial charge in [-0.2, -0.15) is 26.3 Å². The highest BCUT2D eigenvalue weighted by Gasteiger charge is 2.38. The molecule has 3 aromatic carbocycles. The van der Waals surface area contributed by atoms with Crippen molar-refractivity contribution in [2.24, 2.45) is 0 Å². The SMILES string of the molecule is O=c1c(Nc2cc(C(F)(F)F)cc(C(F)(F)F)c2)c(N[C@@H]2CCCC[C@H]2N2Cc3ccccc3C2)c1=O. The molecule has 2 N–H and O–H groups in total. The standard InChI is InChI=1S/C26H23F6N3O2/c27-25(28,29)16-9-17(26(30,31)32)11-18(10-16)33-21-22(24(37)23(21)36)34-19-7-3-4-8-20(19)35-12-14-5-1-2-6-15(14)13-35/h1-2,5-6,9-11,19-20,33-34H,3-4,7-8,12-13H2/t19-,20-/m1/s1. The fourth-order valence-electron chi connectivity index (χ4n) is 5.32. The largest absolute Gasteiger partial charge is 0.416 e. The van der Waals surface area contributed by atoms with E-state index in [9.17, 15) is 35.9 Å². The summed E-state index contributed by atoms with van der Waals surface area (Å²) in [6, 6.07) is 8.88. The molecule has 196 valence electrons. The molecule has 0 amide bonds. The van der Waals surface area contributed by atoms with Gasteiger partial charge in [0, 0.05) is 30.9 Å². The molecular weight excluding hydrogens is 500 g/mol. The van der Waals surface area contributed by atoms with Crippen molar-refractivity contribution in [3.05, 3.63) is 85.2 Å². The lowest BCUT2D eigenvalue weighted by Crippen LogP contribution is -2.49. The first kappa shape index (κ1) is 25.3. The van der Waals surface area contributed by atoms with E-state index < -0.39 is 40.0 Å². The molecule has 3 aromatic rings. The Morgan fingerprint density at radius 1 is 0.757 bits per heavy atom. The zero-order chi connectivity index (χ0) is 26.5. The third-order valence-electron chi connectivity index (χ3n) is 7.16. The molecule has 0 saturated heterocycles. The number of hydrogen-bond acceptors (Lipinski definition) is 5. The molecule has 2 atom stereocenters. The number of anilines is 3. The van der Waals surface area contributed by atoms with E-state index in [1.54, 1.807) is 0 Å². The Morgan fingerprint density at radius 2 is 1.30 bits per heavy atom. The molecule has 5 rings (SSSR count). The van der Waals surface area contributed by atoms with E-state index in [2.05, 4.69) is 27.7 Å². The molecule has 1 aliphatic heterocycles. The van der Waals surface area contributed by atoms with Gasteiger partial charge in [-0.05, 0) is 42.2 Å². The van der Waals surface area contributed by atoms with Gasteiger partial charge < -0.3 is 10.6 Å². The maximum atomic E-state index is 13.2. The van der Waals surface area contributed by atoms with E-state index in [0.717, 1.165) is 32.4 Å². The maximum absolute atomic E-state index is 13.2. The summed E-state index contributed by atoms with van der Waals surface area (Å²) in [6.45, 7) is 1.47. The Labute approximate surface area is 207 Å². The van der Waals surface area contributed by atoms with Gasteiger partial charge in [0.1, 0.15) is 11.4 Å². The summed E-state index contributed by atoms with van der Waals surface area (Å²) in [5.74, 6) is 0. The van der Waals surface area contributed by atoms with Crippen LogP contribution in [-0.4, -0.2) is 17.0 Å². The minimum absolute atomic E-state index is 0.00710. The zero-order valence-corrected chi connectivity index (χ0v) is 19.5. The molecule has 11 heteroatoms. The van der Waals surface area contributed by atoms with E-state index >= 15 is 0 Å². The smallest absolute Gasteiger partial charge is 0.376 e. The van der Waals surface area contributed by atoms with Gasteiger partial charge in [0.2, 0.25) is 0 Å². The van der Waals surface area contributed by atoms with E-state index in [1.807, 2.05) is 12.1 Å². The Morgan fingerprint density at radius 3 is 1.86 bits per heavy atom. The molecule has 0 spiro atoms. The summed E-state index contributed by atoms with van der Waals surface area (Å²) in [4.78, 5) is 27.0. The van der Waals surface area contributed by atoms with Gasteiger partial charge in [0.05, 0.1) is 11.1 Å². The summed E-state index contributed by atoms with van der Waals surface area (Å²) < 4.78 is 79.4. The number of halogens is 6. The van der Waals surface area contributed by atoms with Crippen LogP contribution in [0.4, 0.5) is 43.4 Å². The molecule has 5 nitrogen and oxygen atoms in total. The Kier molecular flexibility index (Phi) is 6.29. The maximum Gasteiger partial charge on any atom is 0.416 e. The minimum Gasteiger partial charge on any atom is -0.376 e. The minimum atomic E-state index is -5.03. The molecule has 1 saturated carbocycles. The zero-order valence-electron chi connectivity index (χ0n) is 19.5. The highest BCUT2D eigenvalue weighted by Crippen LogP contribution is 2.39. The van der Waals surface area contributed by atoms with Crippen LogP contribution in [0.15, 0.2) is 52.1 Å². The summed E-state index contributed by atoms with van der Waals surface area (Å²) in [7, 11) is 0. The van der Waals surface area contributed by atoms with Crippen molar-refractivity contribution in [2.45, 2.75) is 63.2 Å². The third-order valence-corrected chi connectivity index (χ3v) is 7.16. The van der Waals surface area contributed by atoms with Crippen LogP contribution in [0.25, 0.3) is 0 Å². The molecule has 0 radical (unpaired) electrons. The number of hydrogen-bond donors (Lipinski definition) is 2. The van der Waals surface area contributed by atoms with Crippen LogP contribution in [0.5, 0.6) is 0 Å². The molecule has 1 fully saturated rings. The van der Waals surface area contributed by atoms with Crippen LogP contribution < -0.4 is 21.5 Å². The van der Waals surface area contributed by atoms with Gasteiger partial charge >= 0.3 is 12.4 Å². The van der Waals surface area contributed by atoms with Gasteiger partial charge in [0.25, 0.3) is 10.9 Å². The van der Waals surface area contributed by atoms with Crippen LogP contribution in [0.1, 0.15) is 47.9 Å². The second-order valence-corrected chi connectivity index (χ2v) is 9.60. The average Bonchev–Trinajstić information content (AvgIpc) is 3.29. The molecule has 0 bridgehead atoms. The van der Waals surface area contributed by atoms with Crippen LogP contribution in [0, 0.1) is 0 Å². The Bertz CT molecular complexity index is 1330. The first-order valence-corrected chi connectivity index (χ1v) is 11.9. The fraction of sp³-hybridized carbons (Fsp3) is 0.385. The number of benzene rings is 2. The molecule has 37 heavy (non-hydrogen) atoms.